The number of fused-ring (bicyclic) bond motifs is 1. The zero-order valence-corrected chi connectivity index (χ0v) is 16.5. The topological polar surface area (TPSA) is 64.7 Å². The van der Waals surface area contributed by atoms with Gasteiger partial charge in [-0.1, -0.05) is 18.2 Å². The molecule has 3 amide bonds. The fourth-order valence-corrected chi connectivity index (χ4v) is 4.23. The van der Waals surface area contributed by atoms with E-state index in [0.717, 1.165) is 57.4 Å². The van der Waals surface area contributed by atoms with E-state index in [9.17, 15) is 9.59 Å². The molecule has 2 saturated heterocycles. The highest BCUT2D eigenvalue weighted by Crippen LogP contribution is 2.21. The van der Waals surface area contributed by atoms with Gasteiger partial charge in [0, 0.05) is 51.7 Å². The monoisotopic (exact) mass is 392 g/mol. The number of hydrogen-bond acceptors (Lipinski definition) is 3. The van der Waals surface area contributed by atoms with Crippen LogP contribution in [0.2, 0.25) is 0 Å². The summed E-state index contributed by atoms with van der Waals surface area (Å²) in [5.41, 5.74) is 3.85. The summed E-state index contributed by atoms with van der Waals surface area (Å²) in [7, 11) is 0. The summed E-state index contributed by atoms with van der Waals surface area (Å²) >= 11 is 0. The van der Waals surface area contributed by atoms with Gasteiger partial charge >= 0.3 is 6.03 Å². The van der Waals surface area contributed by atoms with Crippen molar-refractivity contribution in [3.63, 3.8) is 0 Å². The van der Waals surface area contributed by atoms with Crippen molar-refractivity contribution in [2.45, 2.75) is 45.3 Å². The minimum atomic E-state index is 0. The number of urea groups is 1. The van der Waals surface area contributed by atoms with E-state index >= 15 is 0 Å². The molecule has 0 saturated carbocycles. The molecule has 1 aromatic carbocycles. The van der Waals surface area contributed by atoms with E-state index in [1.54, 1.807) is 0 Å². The van der Waals surface area contributed by atoms with E-state index < -0.39 is 0 Å². The van der Waals surface area contributed by atoms with E-state index in [-0.39, 0.29) is 30.3 Å². The van der Waals surface area contributed by atoms with Gasteiger partial charge in [0.15, 0.2) is 0 Å². The molecule has 3 aliphatic rings. The minimum absolute atomic E-state index is 0. The second kappa shape index (κ2) is 8.93. The van der Waals surface area contributed by atoms with E-state index in [2.05, 4.69) is 28.8 Å². The van der Waals surface area contributed by atoms with Crippen LogP contribution in [0.3, 0.4) is 0 Å². The third-order valence-electron chi connectivity index (χ3n) is 5.88. The molecule has 2 fully saturated rings. The van der Waals surface area contributed by atoms with Gasteiger partial charge in [-0.2, -0.15) is 0 Å². The Balaban J connectivity index is 0.00000210. The standard InChI is InChI=1S/C20H28N4O2.ClH/c25-19(22-12-15-3-4-17-13-21-14-18(17)11-15)16-5-9-24(10-6-16)20(26)23-7-1-2-8-23;/h3-4,11,16,21H,1-2,5-10,12-14H2,(H,22,25);1H. The highest BCUT2D eigenvalue weighted by atomic mass is 35.5. The van der Waals surface area contributed by atoms with Gasteiger partial charge in [-0.3, -0.25) is 4.79 Å². The van der Waals surface area contributed by atoms with Crippen molar-refractivity contribution in [1.29, 1.82) is 0 Å². The SMILES string of the molecule is Cl.O=C(NCc1ccc2c(c1)CNC2)C1CCN(C(=O)N2CCCC2)CC1. The predicted molar refractivity (Wildman–Crippen MR) is 107 cm³/mol. The first-order chi connectivity index (χ1) is 12.7. The molecule has 0 aliphatic carbocycles. The summed E-state index contributed by atoms with van der Waals surface area (Å²) in [6.07, 6.45) is 3.76. The molecule has 148 valence electrons. The molecule has 0 bridgehead atoms. The Morgan fingerprint density at radius 1 is 1.00 bits per heavy atom. The second-order valence-corrected chi connectivity index (χ2v) is 7.66. The Morgan fingerprint density at radius 2 is 1.67 bits per heavy atom. The van der Waals surface area contributed by atoms with Gasteiger partial charge in [0.05, 0.1) is 0 Å². The maximum Gasteiger partial charge on any atom is 0.319 e. The lowest BCUT2D eigenvalue weighted by atomic mass is 9.96. The van der Waals surface area contributed by atoms with Crippen LogP contribution in [0.25, 0.3) is 0 Å². The number of nitrogens with one attached hydrogen (secondary N) is 2. The van der Waals surface area contributed by atoms with Gasteiger partial charge < -0.3 is 20.4 Å². The Kier molecular flexibility index (Phi) is 6.60. The predicted octanol–water partition coefficient (Wildman–Crippen LogP) is 2.26. The van der Waals surface area contributed by atoms with Crippen molar-refractivity contribution < 1.29 is 9.59 Å². The molecular weight excluding hydrogens is 364 g/mol. The first-order valence-electron chi connectivity index (χ1n) is 9.83. The Hall–Kier alpha value is -1.79. The number of carbonyl (C=O) groups excluding carboxylic acids is 2. The summed E-state index contributed by atoms with van der Waals surface area (Å²) in [6.45, 7) is 5.59. The molecule has 0 unspecified atom stereocenters. The average Bonchev–Trinajstić information content (AvgIpc) is 3.37. The lowest BCUT2D eigenvalue weighted by Gasteiger charge is -2.34. The number of halogens is 1. The lowest BCUT2D eigenvalue weighted by Crippen LogP contribution is -2.47. The number of amides is 3. The van der Waals surface area contributed by atoms with Crippen molar-refractivity contribution in [3.8, 4) is 0 Å². The Labute approximate surface area is 167 Å². The Bertz CT molecular complexity index is 683. The molecule has 0 radical (unpaired) electrons. The van der Waals surface area contributed by atoms with Crippen LogP contribution in [-0.4, -0.2) is 47.9 Å². The molecule has 0 atom stereocenters. The molecule has 3 heterocycles. The van der Waals surface area contributed by atoms with Crippen LogP contribution in [0.1, 0.15) is 42.4 Å². The second-order valence-electron chi connectivity index (χ2n) is 7.66. The molecule has 7 heteroatoms. The van der Waals surface area contributed by atoms with Crippen LogP contribution >= 0.6 is 12.4 Å². The zero-order chi connectivity index (χ0) is 17.9. The third kappa shape index (κ3) is 4.55. The maximum atomic E-state index is 12.5. The highest BCUT2D eigenvalue weighted by Gasteiger charge is 2.30. The molecule has 4 rings (SSSR count). The van der Waals surface area contributed by atoms with Gasteiger partial charge in [-0.05, 0) is 42.4 Å². The molecular formula is C20H29ClN4O2. The van der Waals surface area contributed by atoms with Gasteiger partial charge in [0.2, 0.25) is 5.91 Å². The highest BCUT2D eigenvalue weighted by molar-refractivity contribution is 5.85. The number of rotatable bonds is 3. The molecule has 1 aromatic rings. The van der Waals surface area contributed by atoms with Crippen LogP contribution in [-0.2, 0) is 24.4 Å². The summed E-state index contributed by atoms with van der Waals surface area (Å²) in [6, 6.07) is 6.60. The Morgan fingerprint density at radius 3 is 2.41 bits per heavy atom. The fourth-order valence-electron chi connectivity index (χ4n) is 4.23. The largest absolute Gasteiger partial charge is 0.352 e. The number of likely N-dealkylation sites (tertiary alicyclic amines) is 2. The van der Waals surface area contributed by atoms with Crippen LogP contribution in [0.15, 0.2) is 18.2 Å². The van der Waals surface area contributed by atoms with Crippen LogP contribution < -0.4 is 10.6 Å². The zero-order valence-electron chi connectivity index (χ0n) is 15.7. The summed E-state index contributed by atoms with van der Waals surface area (Å²) in [5.74, 6) is 0.144. The van der Waals surface area contributed by atoms with Crippen molar-refractivity contribution >= 4 is 24.3 Å². The van der Waals surface area contributed by atoms with Crippen molar-refractivity contribution in [3.05, 3.63) is 34.9 Å². The van der Waals surface area contributed by atoms with Crippen molar-refractivity contribution in [2.75, 3.05) is 26.2 Å². The van der Waals surface area contributed by atoms with Crippen LogP contribution in [0.5, 0.6) is 0 Å². The van der Waals surface area contributed by atoms with Gasteiger partial charge in [0.1, 0.15) is 0 Å². The van der Waals surface area contributed by atoms with Crippen molar-refractivity contribution in [2.24, 2.45) is 5.92 Å². The number of hydrogen-bond donors (Lipinski definition) is 2. The van der Waals surface area contributed by atoms with E-state index in [4.69, 9.17) is 0 Å². The van der Waals surface area contributed by atoms with Gasteiger partial charge in [-0.15, -0.1) is 12.4 Å². The van der Waals surface area contributed by atoms with Crippen LogP contribution in [0.4, 0.5) is 4.79 Å². The molecule has 3 aliphatic heterocycles. The first-order valence-corrected chi connectivity index (χ1v) is 9.83. The van der Waals surface area contributed by atoms with E-state index in [0.29, 0.717) is 19.6 Å². The molecule has 27 heavy (non-hydrogen) atoms. The van der Waals surface area contributed by atoms with Crippen LogP contribution in [0, 0.1) is 5.92 Å². The lowest BCUT2D eigenvalue weighted by molar-refractivity contribution is -0.126. The number of benzene rings is 1. The molecule has 2 N–H and O–H groups in total. The molecule has 0 spiro atoms. The quantitative estimate of drug-likeness (QED) is 0.829. The minimum Gasteiger partial charge on any atom is -0.352 e. The number of nitrogens with zero attached hydrogens (tertiary/aromatic N) is 2. The normalized spacial score (nSPS) is 19.6. The smallest absolute Gasteiger partial charge is 0.319 e. The fraction of sp³-hybridized carbons (Fsp3) is 0.600. The molecule has 0 aromatic heterocycles. The van der Waals surface area contributed by atoms with E-state index in [1.807, 2.05) is 9.80 Å². The number of carbonyl (C=O) groups is 2. The summed E-state index contributed by atoms with van der Waals surface area (Å²) in [5, 5.41) is 6.43. The first kappa shape index (κ1) is 20.0. The van der Waals surface area contributed by atoms with Gasteiger partial charge in [-0.25, -0.2) is 4.79 Å². The van der Waals surface area contributed by atoms with E-state index in [1.165, 1.54) is 11.1 Å². The number of piperidine rings is 1. The summed E-state index contributed by atoms with van der Waals surface area (Å²) in [4.78, 5) is 28.8. The third-order valence-corrected chi connectivity index (χ3v) is 5.88. The van der Waals surface area contributed by atoms with Gasteiger partial charge in [0.25, 0.3) is 0 Å². The molecule has 6 nitrogen and oxygen atoms in total. The summed E-state index contributed by atoms with van der Waals surface area (Å²) < 4.78 is 0. The maximum absolute atomic E-state index is 12.5. The average molecular weight is 393 g/mol. The van der Waals surface area contributed by atoms with Crippen molar-refractivity contribution in [1.82, 2.24) is 20.4 Å².